The lowest BCUT2D eigenvalue weighted by Gasteiger charge is -2.40. The number of carboxylic acids is 1. The number of ether oxygens (including phenoxy) is 5. The number of nitrogens with zero attached hydrogens (tertiary/aromatic N) is 7. The monoisotopic (exact) mass is 2030 g/mol. The number of hydrogen-bond donors (Lipinski definition) is 9. The number of carboxylic acid groups (broad SMARTS) is 1. The standard InChI is InChI=1S/C26H23ClF2N2O4.2C26H25ClF2N2O3.C24H18ClF2NO5.C4H8O.CH4/c1-31(2)24(33)19-20(14-6-4-3-5-7-14)26(16-10-8-15(9-11-16)23(28)29)25(34,22(19)32)21-18(35-26)12-17(27)13-30-21;2*1-31(2)14-19-21(15-6-4-3-5-7-15)26(17-10-8-16(9-11-17)24(28)29)25(33,23(19)32)22-20(34-26)12-18(27)13-30-22;25-15-10-16-19(28-11-15)23(32)20(29)17(22(30)31)18(12-4-2-1-3-5-12)24(23,33-16)14-8-6-13(7-9-14)21(26)27;1-2-4-5-3-1;/h3-13,19-20,22-23,32,34H,1-2H3;2*3-13,19,21,23-24,32-33H,14H2,1-2H3;1-11,17-18,20-21,29,32H,(H,30,31);1-4H2;1H4/t19-,20-,22-,25+,26+;2*19-,21-,23-,25+,26+;17-,18-,20-,23+,24+;;/m1111../s1. The first-order valence-electron chi connectivity index (χ1n) is 45.3. The highest BCUT2D eigenvalue weighted by molar-refractivity contribution is 6.31. The lowest BCUT2D eigenvalue weighted by Crippen LogP contribution is -2.52. The molecular formula is C107H103Cl4F8N7O16. The number of carbonyl (C=O) groups is 2. The van der Waals surface area contributed by atoms with Crippen molar-refractivity contribution in [3.05, 3.63) is 377 Å². The number of amides is 1. The number of benzene rings is 8. The zero-order valence-electron chi connectivity index (χ0n) is 76.4. The second-order valence-corrected chi connectivity index (χ2v) is 39.0. The van der Waals surface area contributed by atoms with Crippen LogP contribution in [-0.4, -0.2) is 185 Å². The predicted molar refractivity (Wildman–Crippen MR) is 512 cm³/mol. The van der Waals surface area contributed by atoms with Crippen LogP contribution in [-0.2, 0) is 59.1 Å². The number of halogens is 12. The number of aliphatic carboxylic acids is 1. The molecule has 1 amide bonds. The van der Waals surface area contributed by atoms with Gasteiger partial charge in [0.2, 0.25) is 5.91 Å². The van der Waals surface area contributed by atoms with Gasteiger partial charge in [-0.15, -0.1) is 0 Å². The molecule has 746 valence electrons. The van der Waals surface area contributed by atoms with Crippen molar-refractivity contribution in [2.75, 3.05) is 68.6 Å². The maximum absolute atomic E-state index is 13.5. The van der Waals surface area contributed by atoms with Crippen LogP contribution in [0.4, 0.5) is 35.1 Å². The summed E-state index contributed by atoms with van der Waals surface area (Å²) < 4.78 is 137. The molecule has 0 unspecified atom stereocenters. The second-order valence-electron chi connectivity index (χ2n) is 37.2. The number of hydrogen-bond acceptors (Lipinski definition) is 21. The third-order valence-electron chi connectivity index (χ3n) is 28.6. The molecule has 8 aromatic carbocycles. The Hall–Kier alpha value is -11.3. The molecule has 12 aromatic rings. The van der Waals surface area contributed by atoms with Crippen LogP contribution in [0.1, 0.15) is 159 Å². The van der Waals surface area contributed by atoms with Gasteiger partial charge in [0, 0.05) is 147 Å². The molecule has 0 bridgehead atoms. The Labute approximate surface area is 833 Å². The van der Waals surface area contributed by atoms with Crippen LogP contribution in [0.2, 0.25) is 20.1 Å². The molecule has 5 fully saturated rings. The van der Waals surface area contributed by atoms with Gasteiger partial charge in [-0.3, -0.25) is 29.5 Å². The zero-order chi connectivity index (χ0) is 101. The Morgan fingerprint density at radius 3 is 0.817 bits per heavy atom. The average Bonchev–Trinajstić information content (AvgIpc) is 1.51. The summed E-state index contributed by atoms with van der Waals surface area (Å²) in [5, 5.41) is 107. The summed E-state index contributed by atoms with van der Waals surface area (Å²) in [5.74, 6) is -7.60. The van der Waals surface area contributed by atoms with E-state index in [0.29, 0.717) is 51.0 Å². The molecule has 4 aromatic heterocycles. The normalized spacial score (nSPS) is 29.3. The van der Waals surface area contributed by atoms with Gasteiger partial charge in [-0.25, -0.2) is 35.1 Å². The zero-order valence-corrected chi connectivity index (χ0v) is 79.5. The largest absolute Gasteiger partial charge is 0.481 e. The maximum atomic E-state index is 13.5. The first-order chi connectivity index (χ1) is 67.2. The Morgan fingerprint density at radius 1 is 0.359 bits per heavy atom. The number of pyridine rings is 4. The van der Waals surface area contributed by atoms with Gasteiger partial charge in [0.05, 0.1) is 44.1 Å². The molecule has 0 radical (unpaired) electrons. The molecule has 23 nitrogen and oxygen atoms in total. The number of fused-ring (bicyclic) bond motifs is 12. The highest BCUT2D eigenvalue weighted by Crippen LogP contribution is 2.74. The molecule has 9 N–H and O–H groups in total. The van der Waals surface area contributed by atoms with E-state index in [4.69, 9.17) is 70.1 Å². The van der Waals surface area contributed by atoms with Crippen LogP contribution < -0.4 is 18.9 Å². The Balaban J connectivity index is 0.000000133. The van der Waals surface area contributed by atoms with Crippen molar-refractivity contribution in [2.24, 2.45) is 23.7 Å². The van der Waals surface area contributed by atoms with Crippen molar-refractivity contribution < 1.29 is 114 Å². The SMILES string of the molecule is C.C1CCOC1.CN(C)C(=O)[C@H]1[C@@H](O)[C@@]2(O)c3ncc(Cl)cc3O[C@@]2(c2ccc(C(F)F)cc2)[C@@H]1c1ccccc1.CN(C)C[C@H]1[C@@H](O)[C@@]2(O)c3ncc(Cl)cc3O[C@@]2(c2ccc(C(F)F)cc2)[C@@H]1c1ccccc1.CN(C)C[C@H]1[C@@H](O)[C@@]2(O)c3ncc(Cl)cc3O[C@@]2(c2ccc(C(F)F)cc2)[C@@H]1c1ccccc1.O=C(O)[C@H]1[C@@H](O)[C@@]2(O)c3ncc(Cl)cc3O[C@@]2(c2ccc(C(F)F)cc2)[C@@H]1c1ccccc1. The van der Waals surface area contributed by atoms with Crippen LogP contribution in [0, 0.1) is 23.7 Å². The number of carbonyl (C=O) groups excluding carboxylic acids is 1. The van der Waals surface area contributed by atoms with Gasteiger partial charge in [-0.1, -0.05) is 272 Å². The second kappa shape index (κ2) is 40.3. The average molecular weight is 2040 g/mol. The molecule has 35 heteroatoms. The third kappa shape index (κ3) is 16.8. The predicted octanol–water partition coefficient (Wildman–Crippen LogP) is 18.4. The van der Waals surface area contributed by atoms with Crippen molar-refractivity contribution in [3.8, 4) is 23.0 Å². The number of rotatable bonds is 18. The summed E-state index contributed by atoms with van der Waals surface area (Å²) >= 11 is 24.6. The summed E-state index contributed by atoms with van der Waals surface area (Å²) in [6, 6.07) is 64.4. The molecule has 0 spiro atoms. The van der Waals surface area contributed by atoms with E-state index in [0.717, 1.165) is 24.3 Å². The van der Waals surface area contributed by atoms with E-state index in [-0.39, 0.29) is 91.1 Å². The first kappa shape index (κ1) is 104. The van der Waals surface area contributed by atoms with Gasteiger partial charge in [0.25, 0.3) is 25.7 Å². The van der Waals surface area contributed by atoms with Gasteiger partial charge < -0.3 is 84.3 Å². The first-order valence-corrected chi connectivity index (χ1v) is 46.8. The molecule has 1 saturated heterocycles. The smallest absolute Gasteiger partial charge is 0.310 e. The maximum Gasteiger partial charge on any atom is 0.310 e. The van der Waals surface area contributed by atoms with Gasteiger partial charge >= 0.3 is 5.97 Å². The van der Waals surface area contributed by atoms with Gasteiger partial charge in [0.1, 0.15) is 58.0 Å². The lowest BCUT2D eigenvalue weighted by molar-refractivity contribution is -0.160. The molecule has 4 saturated carbocycles. The fraction of sp³-hybridized carbons (Fsp3) is 0.346. The van der Waals surface area contributed by atoms with Gasteiger partial charge in [-0.05, 0) is 85.5 Å². The molecule has 5 aliphatic heterocycles. The van der Waals surface area contributed by atoms with Crippen molar-refractivity contribution in [3.63, 3.8) is 0 Å². The van der Waals surface area contributed by atoms with E-state index in [1.54, 1.807) is 111 Å². The molecular weight excluding hydrogens is 1930 g/mol. The minimum absolute atomic E-state index is 0. The van der Waals surface area contributed by atoms with Crippen LogP contribution in [0.25, 0.3) is 0 Å². The van der Waals surface area contributed by atoms with E-state index in [2.05, 4.69) is 19.9 Å². The molecule has 20 atom stereocenters. The summed E-state index contributed by atoms with van der Waals surface area (Å²) in [7, 11) is 10.7. The molecule has 4 aliphatic carbocycles. The molecule has 21 rings (SSSR count). The van der Waals surface area contributed by atoms with E-state index in [1.165, 1.54) is 127 Å². The van der Waals surface area contributed by atoms with Crippen LogP contribution >= 0.6 is 46.4 Å². The number of aromatic nitrogens is 4. The van der Waals surface area contributed by atoms with E-state index in [1.807, 2.05) is 98.7 Å². The highest BCUT2D eigenvalue weighted by atomic mass is 35.5. The number of aliphatic hydroxyl groups is 8. The highest BCUT2D eigenvalue weighted by Gasteiger charge is 2.82. The van der Waals surface area contributed by atoms with Gasteiger partial charge in [-0.2, -0.15) is 0 Å². The molecule has 142 heavy (non-hydrogen) atoms. The minimum Gasteiger partial charge on any atom is -0.481 e. The van der Waals surface area contributed by atoms with E-state index < -0.39 is 154 Å². The van der Waals surface area contributed by atoms with Crippen molar-refractivity contribution in [1.82, 2.24) is 34.6 Å². The quantitative estimate of drug-likeness (QED) is 0.0360. The Kier molecular flexibility index (Phi) is 29.4. The third-order valence-corrected chi connectivity index (χ3v) is 29.4. The summed E-state index contributed by atoms with van der Waals surface area (Å²) in [6.45, 7) is 2.90. The molecule has 9 aliphatic rings. The van der Waals surface area contributed by atoms with E-state index >= 15 is 0 Å². The topological polar surface area (TPSA) is 324 Å². The fourth-order valence-electron chi connectivity index (χ4n) is 22.9. The lowest BCUT2D eigenvalue weighted by atomic mass is 9.71. The Bertz CT molecular complexity index is 6330. The van der Waals surface area contributed by atoms with Crippen molar-refractivity contribution >= 4 is 58.3 Å². The number of aliphatic hydroxyl groups excluding tert-OH is 4. The summed E-state index contributed by atoms with van der Waals surface area (Å²) in [4.78, 5) is 48.3. The molecule has 9 heterocycles. The van der Waals surface area contributed by atoms with Crippen LogP contribution in [0.15, 0.2) is 267 Å². The fourth-order valence-corrected chi connectivity index (χ4v) is 23.5. The van der Waals surface area contributed by atoms with E-state index in [9.17, 15) is 90.7 Å². The minimum atomic E-state index is -2.72. The summed E-state index contributed by atoms with van der Waals surface area (Å²) in [5.41, 5.74) is -11.2. The summed E-state index contributed by atoms with van der Waals surface area (Å²) in [6.07, 6.45) is -8.71. The van der Waals surface area contributed by atoms with Crippen molar-refractivity contribution in [1.29, 1.82) is 0 Å². The van der Waals surface area contributed by atoms with Crippen LogP contribution in [0.5, 0.6) is 23.0 Å². The van der Waals surface area contributed by atoms with Crippen molar-refractivity contribution in [2.45, 2.75) is 139 Å². The Morgan fingerprint density at radius 2 is 0.592 bits per heavy atom. The van der Waals surface area contributed by atoms with Gasteiger partial charge in [0.15, 0.2) is 44.8 Å². The van der Waals surface area contributed by atoms with Crippen LogP contribution in [0.3, 0.4) is 0 Å². The number of alkyl halides is 8.